The second-order valence-corrected chi connectivity index (χ2v) is 9.38. The standard InChI is InChI=1S/C23H23BrF3N/c1-13-8-17-16-7-5-4-6-14(16)9-18(17)22(28(13)12-23(2,3)27)21-19(25)10-15(24)11-20(21)26/h4-7,10-11,13,22H,8-9,12H2,1-3H3/t13-,22+/m1/s1. The Morgan fingerprint density at radius 1 is 1.14 bits per heavy atom. The van der Waals surface area contributed by atoms with Gasteiger partial charge in [0.05, 0.1) is 6.04 Å². The molecule has 5 heteroatoms. The van der Waals surface area contributed by atoms with Crippen molar-refractivity contribution in [2.24, 2.45) is 0 Å². The number of halogens is 4. The molecule has 0 N–H and O–H groups in total. The number of nitrogens with zero attached hydrogens (tertiary/aromatic N) is 1. The quantitative estimate of drug-likeness (QED) is 0.508. The molecule has 0 aromatic heterocycles. The molecule has 1 heterocycles. The summed E-state index contributed by atoms with van der Waals surface area (Å²) in [7, 11) is 0. The topological polar surface area (TPSA) is 3.24 Å². The first kappa shape index (κ1) is 19.7. The zero-order valence-electron chi connectivity index (χ0n) is 16.2. The van der Waals surface area contributed by atoms with Crippen LogP contribution in [-0.2, 0) is 6.42 Å². The monoisotopic (exact) mass is 449 g/mol. The van der Waals surface area contributed by atoms with E-state index in [1.807, 2.05) is 24.0 Å². The smallest absolute Gasteiger partial charge is 0.132 e. The molecule has 0 amide bonds. The van der Waals surface area contributed by atoms with Crippen LogP contribution in [0.15, 0.2) is 46.4 Å². The fourth-order valence-electron chi connectivity index (χ4n) is 4.66. The Morgan fingerprint density at radius 3 is 2.43 bits per heavy atom. The Kier molecular flexibility index (Phi) is 4.95. The highest BCUT2D eigenvalue weighted by atomic mass is 79.9. The molecule has 2 aromatic carbocycles. The Labute approximate surface area is 172 Å². The summed E-state index contributed by atoms with van der Waals surface area (Å²) >= 11 is 3.16. The van der Waals surface area contributed by atoms with Crippen LogP contribution in [0, 0.1) is 11.6 Å². The Balaban J connectivity index is 1.91. The molecular formula is C23H23BrF3N. The van der Waals surface area contributed by atoms with E-state index < -0.39 is 23.3 Å². The maximum absolute atomic E-state index is 15.0. The molecule has 1 aliphatic heterocycles. The third-order valence-corrected chi connectivity index (χ3v) is 6.17. The van der Waals surface area contributed by atoms with Crippen molar-refractivity contribution in [1.29, 1.82) is 0 Å². The Bertz CT molecular complexity index is 938. The summed E-state index contributed by atoms with van der Waals surface area (Å²) < 4.78 is 45.0. The lowest BCUT2D eigenvalue weighted by Crippen LogP contribution is -2.47. The second kappa shape index (κ2) is 7.03. The predicted octanol–water partition coefficient (Wildman–Crippen LogP) is 6.62. The minimum Gasteiger partial charge on any atom is -0.286 e. The zero-order valence-corrected chi connectivity index (χ0v) is 17.8. The van der Waals surface area contributed by atoms with Gasteiger partial charge in [0, 0.05) is 22.6 Å². The summed E-state index contributed by atoms with van der Waals surface area (Å²) in [4.78, 5) is 1.93. The lowest BCUT2D eigenvalue weighted by Gasteiger charge is -2.44. The third kappa shape index (κ3) is 3.43. The van der Waals surface area contributed by atoms with E-state index in [1.54, 1.807) is 0 Å². The van der Waals surface area contributed by atoms with Crippen LogP contribution >= 0.6 is 15.9 Å². The summed E-state index contributed by atoms with van der Waals surface area (Å²) in [6.07, 6.45) is 1.39. The molecule has 2 atom stereocenters. The molecule has 0 bridgehead atoms. The largest absolute Gasteiger partial charge is 0.286 e. The molecule has 4 rings (SSSR count). The summed E-state index contributed by atoms with van der Waals surface area (Å²) in [6.45, 7) is 5.15. The van der Waals surface area contributed by atoms with Crippen LogP contribution in [0.3, 0.4) is 0 Å². The van der Waals surface area contributed by atoms with Gasteiger partial charge in [-0.3, -0.25) is 4.90 Å². The van der Waals surface area contributed by atoms with E-state index in [9.17, 15) is 4.39 Å². The van der Waals surface area contributed by atoms with E-state index in [-0.39, 0.29) is 18.2 Å². The van der Waals surface area contributed by atoms with Crippen molar-refractivity contribution in [3.63, 3.8) is 0 Å². The first-order chi connectivity index (χ1) is 13.2. The predicted molar refractivity (Wildman–Crippen MR) is 110 cm³/mol. The van der Waals surface area contributed by atoms with Gasteiger partial charge in [-0.1, -0.05) is 40.2 Å². The van der Waals surface area contributed by atoms with Crippen molar-refractivity contribution in [2.45, 2.75) is 51.4 Å². The summed E-state index contributed by atoms with van der Waals surface area (Å²) in [5.74, 6) is -1.20. The highest BCUT2D eigenvalue weighted by Crippen LogP contribution is 2.50. The van der Waals surface area contributed by atoms with Crippen LogP contribution in [0.5, 0.6) is 0 Å². The van der Waals surface area contributed by atoms with E-state index >= 15 is 8.78 Å². The molecular weight excluding hydrogens is 427 g/mol. The van der Waals surface area contributed by atoms with Crippen molar-refractivity contribution in [3.8, 4) is 0 Å². The highest BCUT2D eigenvalue weighted by Gasteiger charge is 2.42. The van der Waals surface area contributed by atoms with E-state index in [4.69, 9.17) is 0 Å². The van der Waals surface area contributed by atoms with Gasteiger partial charge in [0.2, 0.25) is 0 Å². The average molecular weight is 450 g/mol. The molecule has 0 fully saturated rings. The van der Waals surface area contributed by atoms with E-state index in [2.05, 4.69) is 28.1 Å². The zero-order chi connectivity index (χ0) is 20.2. The minimum atomic E-state index is -1.47. The lowest BCUT2D eigenvalue weighted by atomic mass is 9.84. The molecule has 28 heavy (non-hydrogen) atoms. The van der Waals surface area contributed by atoms with Crippen LogP contribution in [0.2, 0.25) is 0 Å². The molecule has 0 unspecified atom stereocenters. The van der Waals surface area contributed by atoms with Crippen LogP contribution in [0.1, 0.15) is 49.9 Å². The third-order valence-electron chi connectivity index (χ3n) is 5.71. The van der Waals surface area contributed by atoms with E-state index in [0.29, 0.717) is 10.9 Å². The number of alkyl halides is 1. The second-order valence-electron chi connectivity index (χ2n) is 8.47. The maximum atomic E-state index is 15.0. The average Bonchev–Trinajstić information content (AvgIpc) is 2.94. The maximum Gasteiger partial charge on any atom is 0.132 e. The molecule has 0 saturated carbocycles. The fourth-order valence-corrected chi connectivity index (χ4v) is 5.06. The first-order valence-corrected chi connectivity index (χ1v) is 10.3. The first-order valence-electron chi connectivity index (χ1n) is 9.55. The van der Waals surface area contributed by atoms with Gasteiger partial charge >= 0.3 is 0 Å². The van der Waals surface area contributed by atoms with Gasteiger partial charge in [0.25, 0.3) is 0 Å². The van der Waals surface area contributed by atoms with Crippen LogP contribution in [0.4, 0.5) is 13.2 Å². The summed E-state index contributed by atoms with van der Waals surface area (Å²) in [6, 6.07) is 10.0. The SMILES string of the molecule is C[C@@H]1CC2=C(Cc3ccccc32)[C@@H](c2c(F)cc(Br)cc2F)N1CC(C)(C)F. The van der Waals surface area contributed by atoms with Gasteiger partial charge in [0.1, 0.15) is 17.3 Å². The van der Waals surface area contributed by atoms with Gasteiger partial charge < -0.3 is 0 Å². The molecule has 0 spiro atoms. The molecule has 0 saturated heterocycles. The van der Waals surface area contributed by atoms with Gasteiger partial charge in [0.15, 0.2) is 0 Å². The van der Waals surface area contributed by atoms with Crippen molar-refractivity contribution in [2.75, 3.05) is 6.54 Å². The number of fused-ring (bicyclic) bond motifs is 2. The molecule has 1 nitrogen and oxygen atoms in total. The van der Waals surface area contributed by atoms with Crippen LogP contribution in [0.25, 0.3) is 5.57 Å². The molecule has 148 valence electrons. The van der Waals surface area contributed by atoms with Crippen molar-refractivity contribution < 1.29 is 13.2 Å². The Morgan fingerprint density at radius 2 is 1.79 bits per heavy atom. The van der Waals surface area contributed by atoms with Gasteiger partial charge in [-0.2, -0.15) is 0 Å². The molecule has 2 aliphatic rings. The normalized spacial score (nSPS) is 22.4. The van der Waals surface area contributed by atoms with Crippen molar-refractivity contribution in [1.82, 2.24) is 4.90 Å². The number of hydrogen-bond donors (Lipinski definition) is 0. The van der Waals surface area contributed by atoms with Crippen molar-refractivity contribution >= 4 is 21.5 Å². The van der Waals surface area contributed by atoms with Gasteiger partial charge in [-0.05, 0) is 68.0 Å². The number of rotatable bonds is 3. The molecule has 0 radical (unpaired) electrons. The minimum absolute atomic E-state index is 0.0132. The summed E-state index contributed by atoms with van der Waals surface area (Å²) in [5, 5.41) is 0. The molecule has 2 aromatic rings. The fraction of sp³-hybridized carbons (Fsp3) is 0.391. The lowest BCUT2D eigenvalue weighted by molar-refractivity contribution is 0.0677. The van der Waals surface area contributed by atoms with E-state index in [0.717, 1.165) is 23.1 Å². The number of hydrogen-bond acceptors (Lipinski definition) is 1. The van der Waals surface area contributed by atoms with Crippen molar-refractivity contribution in [3.05, 3.63) is 74.8 Å². The van der Waals surface area contributed by atoms with Crippen LogP contribution in [-0.4, -0.2) is 23.2 Å². The highest BCUT2D eigenvalue weighted by molar-refractivity contribution is 9.10. The van der Waals surface area contributed by atoms with E-state index in [1.165, 1.54) is 31.5 Å². The summed E-state index contributed by atoms with van der Waals surface area (Å²) in [5.41, 5.74) is 3.01. The van der Waals surface area contributed by atoms with Gasteiger partial charge in [-0.25, -0.2) is 13.2 Å². The van der Waals surface area contributed by atoms with Crippen LogP contribution < -0.4 is 0 Å². The Hall–Kier alpha value is -1.59. The number of benzene rings is 2. The van der Waals surface area contributed by atoms with Gasteiger partial charge in [-0.15, -0.1) is 0 Å². The molecule has 1 aliphatic carbocycles.